The Balaban J connectivity index is 2.62. The number of hydrogen-bond donors (Lipinski definition) is 3. The lowest BCUT2D eigenvalue weighted by Crippen LogP contribution is -2.27. The van der Waals surface area contributed by atoms with E-state index in [0.29, 0.717) is 0 Å². The minimum atomic E-state index is -3.91. The van der Waals surface area contributed by atoms with E-state index in [1.54, 1.807) is 6.07 Å². The minimum Gasteiger partial charge on any atom is -0.378 e. The van der Waals surface area contributed by atoms with E-state index in [-0.39, 0.29) is 21.4 Å². The van der Waals surface area contributed by atoms with Crippen LogP contribution in [0.15, 0.2) is 34.2 Å². The van der Waals surface area contributed by atoms with E-state index in [1.807, 2.05) is 0 Å². The van der Waals surface area contributed by atoms with E-state index in [4.69, 9.17) is 10.9 Å². The number of nitrogens with two attached hydrogens (primary N) is 2. The summed E-state index contributed by atoms with van der Waals surface area (Å²) >= 11 is 1.16. The molecule has 0 bridgehead atoms. The van der Waals surface area contributed by atoms with Gasteiger partial charge in [0.25, 0.3) is 0 Å². The Labute approximate surface area is 103 Å². The average Bonchev–Trinajstić information content (AvgIpc) is 2.59. The van der Waals surface area contributed by atoms with Crippen molar-refractivity contribution in [1.29, 1.82) is 0 Å². The molecule has 17 heavy (non-hydrogen) atoms. The molecule has 0 fully saturated rings. The summed E-state index contributed by atoms with van der Waals surface area (Å²) < 4.78 is 22.8. The lowest BCUT2D eigenvalue weighted by atomic mass is 10.1. The van der Waals surface area contributed by atoms with E-state index in [2.05, 4.69) is 4.99 Å². The van der Waals surface area contributed by atoms with Gasteiger partial charge < -0.3 is 10.8 Å². The van der Waals surface area contributed by atoms with Crippen LogP contribution in [0.1, 0.15) is 5.56 Å². The molecule has 1 unspecified atom stereocenters. The quantitative estimate of drug-likeness (QED) is 0.673. The highest BCUT2D eigenvalue weighted by molar-refractivity contribution is 8.14. The number of thioether (sulfide) groups is 1. The number of aliphatic imine (C=N–C) groups is 1. The van der Waals surface area contributed by atoms with Crippen LogP contribution < -0.4 is 10.9 Å². The van der Waals surface area contributed by atoms with Crippen LogP contribution in [0, 0.1) is 0 Å². The summed E-state index contributed by atoms with van der Waals surface area (Å²) in [6, 6.07) is 5.94. The maximum atomic E-state index is 11.4. The average molecular weight is 273 g/mol. The molecule has 0 saturated carbocycles. The molecule has 1 heterocycles. The van der Waals surface area contributed by atoms with Crippen molar-refractivity contribution in [3.63, 3.8) is 0 Å². The SMILES string of the molecule is NC1=NC(O)(c2ccccc2S(N)(=O)=O)CS1. The van der Waals surface area contributed by atoms with Gasteiger partial charge in [-0.25, -0.2) is 18.5 Å². The predicted molar refractivity (Wildman–Crippen MR) is 65.8 cm³/mol. The zero-order valence-corrected chi connectivity index (χ0v) is 10.3. The molecule has 8 heteroatoms. The summed E-state index contributed by atoms with van der Waals surface area (Å²) in [5.41, 5.74) is 4.00. The Morgan fingerprint density at radius 2 is 2.06 bits per heavy atom. The van der Waals surface area contributed by atoms with Crippen molar-refractivity contribution < 1.29 is 13.5 Å². The van der Waals surface area contributed by atoms with Crippen LogP contribution in [0.25, 0.3) is 0 Å². The lowest BCUT2D eigenvalue weighted by Gasteiger charge is -2.20. The molecular formula is C9H11N3O3S2. The summed E-state index contributed by atoms with van der Waals surface area (Å²) in [4.78, 5) is 3.72. The van der Waals surface area contributed by atoms with Crippen LogP contribution in [0.4, 0.5) is 0 Å². The van der Waals surface area contributed by atoms with Crippen LogP contribution in [0.2, 0.25) is 0 Å². The molecule has 1 aromatic carbocycles. The maximum Gasteiger partial charge on any atom is 0.238 e. The van der Waals surface area contributed by atoms with Gasteiger partial charge in [0, 0.05) is 5.56 Å². The number of sulfonamides is 1. The van der Waals surface area contributed by atoms with Crippen LogP contribution >= 0.6 is 11.8 Å². The van der Waals surface area contributed by atoms with Crippen LogP contribution in [0.5, 0.6) is 0 Å². The Morgan fingerprint density at radius 1 is 1.41 bits per heavy atom. The van der Waals surface area contributed by atoms with Crippen molar-refractivity contribution in [3.8, 4) is 0 Å². The maximum absolute atomic E-state index is 11.4. The minimum absolute atomic E-state index is 0.137. The Hall–Kier alpha value is -1.09. The van der Waals surface area contributed by atoms with Crippen LogP contribution in [0.3, 0.4) is 0 Å². The normalized spacial score (nSPS) is 24.7. The van der Waals surface area contributed by atoms with E-state index < -0.39 is 15.7 Å². The summed E-state index contributed by atoms with van der Waals surface area (Å²) in [6.45, 7) is 0. The standard InChI is InChI=1S/C9H11N3O3S2/c10-8-12-9(13,5-16-8)6-3-1-2-4-7(6)17(11,14)15/h1-4,13H,5H2,(H2,10,12)(H2,11,14,15). The Kier molecular flexibility index (Phi) is 2.90. The fourth-order valence-corrected chi connectivity index (χ4v) is 3.20. The van der Waals surface area contributed by atoms with Gasteiger partial charge in [0.05, 0.1) is 10.6 Å². The molecule has 0 aliphatic carbocycles. The van der Waals surface area contributed by atoms with Crippen molar-refractivity contribution in [2.24, 2.45) is 15.9 Å². The molecule has 92 valence electrons. The molecule has 0 radical (unpaired) electrons. The van der Waals surface area contributed by atoms with Gasteiger partial charge in [0.1, 0.15) is 0 Å². The fourth-order valence-electron chi connectivity index (χ4n) is 1.60. The van der Waals surface area contributed by atoms with E-state index in [1.165, 1.54) is 18.2 Å². The second-order valence-corrected chi connectivity index (χ2v) is 6.12. The number of aliphatic hydroxyl groups is 1. The molecule has 2 rings (SSSR count). The largest absolute Gasteiger partial charge is 0.378 e. The molecule has 1 aliphatic rings. The summed E-state index contributed by atoms with van der Waals surface area (Å²) in [5.74, 6) is 0.172. The molecule has 1 atom stereocenters. The molecule has 0 spiro atoms. The predicted octanol–water partition coefficient (Wildman–Crippen LogP) is -0.459. The van der Waals surface area contributed by atoms with Gasteiger partial charge in [0.2, 0.25) is 10.0 Å². The first kappa shape index (κ1) is 12.4. The first-order valence-electron chi connectivity index (χ1n) is 4.66. The third-order valence-electron chi connectivity index (χ3n) is 2.34. The van der Waals surface area contributed by atoms with E-state index >= 15 is 0 Å². The summed E-state index contributed by atoms with van der Waals surface area (Å²) in [6.07, 6.45) is 0. The highest BCUT2D eigenvalue weighted by atomic mass is 32.2. The zero-order valence-electron chi connectivity index (χ0n) is 8.70. The summed E-state index contributed by atoms with van der Waals surface area (Å²) in [5, 5.41) is 15.6. The van der Waals surface area contributed by atoms with Crippen LogP contribution in [-0.4, -0.2) is 24.4 Å². The highest BCUT2D eigenvalue weighted by Crippen LogP contribution is 2.36. The lowest BCUT2D eigenvalue weighted by molar-refractivity contribution is 0.0727. The van der Waals surface area contributed by atoms with Gasteiger partial charge in [0.15, 0.2) is 10.9 Å². The third kappa shape index (κ3) is 2.29. The third-order valence-corrected chi connectivity index (χ3v) is 4.24. The Bertz CT molecular complexity index is 585. The van der Waals surface area contributed by atoms with Gasteiger partial charge in [-0.3, -0.25) is 0 Å². The topological polar surface area (TPSA) is 119 Å². The second kappa shape index (κ2) is 3.98. The molecule has 1 aromatic rings. The van der Waals surface area contributed by atoms with Crippen molar-refractivity contribution >= 4 is 27.0 Å². The van der Waals surface area contributed by atoms with E-state index in [0.717, 1.165) is 11.8 Å². The van der Waals surface area contributed by atoms with Crippen LogP contribution in [-0.2, 0) is 15.7 Å². The number of hydrogen-bond acceptors (Lipinski definition) is 6. The molecule has 0 amide bonds. The number of benzene rings is 1. The first-order valence-corrected chi connectivity index (χ1v) is 7.19. The summed E-state index contributed by atoms with van der Waals surface area (Å²) in [7, 11) is -3.91. The number of nitrogens with zero attached hydrogens (tertiary/aromatic N) is 1. The highest BCUT2D eigenvalue weighted by Gasteiger charge is 2.37. The molecule has 0 saturated heterocycles. The smallest absolute Gasteiger partial charge is 0.238 e. The number of amidine groups is 1. The van der Waals surface area contributed by atoms with Gasteiger partial charge in [-0.1, -0.05) is 30.0 Å². The molecule has 6 nitrogen and oxygen atoms in total. The molecule has 5 N–H and O–H groups in total. The van der Waals surface area contributed by atoms with Crippen molar-refractivity contribution in [1.82, 2.24) is 0 Å². The molecule has 1 aliphatic heterocycles. The number of primary sulfonamides is 1. The molecule has 0 aromatic heterocycles. The first-order chi connectivity index (χ1) is 7.83. The monoisotopic (exact) mass is 273 g/mol. The fraction of sp³-hybridized carbons (Fsp3) is 0.222. The second-order valence-electron chi connectivity index (χ2n) is 3.60. The van der Waals surface area contributed by atoms with Crippen molar-refractivity contribution in [2.45, 2.75) is 10.6 Å². The van der Waals surface area contributed by atoms with Gasteiger partial charge in [-0.15, -0.1) is 0 Å². The van der Waals surface area contributed by atoms with Crippen molar-refractivity contribution in [2.75, 3.05) is 5.75 Å². The van der Waals surface area contributed by atoms with E-state index in [9.17, 15) is 13.5 Å². The zero-order chi connectivity index (χ0) is 12.7. The molecular weight excluding hydrogens is 262 g/mol. The number of rotatable bonds is 2. The van der Waals surface area contributed by atoms with Gasteiger partial charge in [-0.05, 0) is 6.07 Å². The van der Waals surface area contributed by atoms with Gasteiger partial charge >= 0.3 is 0 Å². The van der Waals surface area contributed by atoms with Gasteiger partial charge in [-0.2, -0.15) is 0 Å². The Morgan fingerprint density at radius 3 is 2.59 bits per heavy atom. The van der Waals surface area contributed by atoms with Crippen molar-refractivity contribution in [3.05, 3.63) is 29.8 Å².